The molecule has 0 aliphatic carbocycles. The third kappa shape index (κ3) is 5.24. The lowest BCUT2D eigenvalue weighted by Gasteiger charge is -2.31. The van der Waals surface area contributed by atoms with Gasteiger partial charge < -0.3 is 5.32 Å². The van der Waals surface area contributed by atoms with Gasteiger partial charge in [-0.05, 0) is 42.7 Å². The molecule has 27 heavy (non-hydrogen) atoms. The maximum atomic E-state index is 13.0. The Labute approximate surface area is 162 Å². The van der Waals surface area contributed by atoms with Crippen molar-refractivity contribution in [1.29, 1.82) is 0 Å². The van der Waals surface area contributed by atoms with E-state index >= 15 is 0 Å². The highest BCUT2D eigenvalue weighted by Gasteiger charge is 2.32. The minimum atomic E-state index is -3.60. The lowest BCUT2D eigenvalue weighted by atomic mass is 9.99. The number of nitrogens with one attached hydrogen (secondary N) is 1. The molecule has 2 aromatic rings. The van der Waals surface area contributed by atoms with Crippen LogP contribution in [0.3, 0.4) is 0 Å². The van der Waals surface area contributed by atoms with Gasteiger partial charge in [0.25, 0.3) is 0 Å². The van der Waals surface area contributed by atoms with Crippen molar-refractivity contribution in [2.45, 2.75) is 18.6 Å². The monoisotopic (exact) mass is 411 g/mol. The van der Waals surface area contributed by atoms with Crippen LogP contribution in [-0.4, -0.2) is 36.7 Å². The minimum Gasteiger partial charge on any atom is -0.310 e. The summed E-state index contributed by atoms with van der Waals surface area (Å²) >= 11 is 5.77. The second kappa shape index (κ2) is 8.33. The van der Waals surface area contributed by atoms with Gasteiger partial charge in [-0.2, -0.15) is 0 Å². The number of benzene rings is 1. The average molecular weight is 412 g/mol. The Morgan fingerprint density at radius 2 is 2.00 bits per heavy atom. The molecule has 2 heterocycles. The van der Waals surface area contributed by atoms with Crippen molar-refractivity contribution in [3.63, 3.8) is 0 Å². The highest BCUT2D eigenvalue weighted by Crippen LogP contribution is 2.23. The predicted molar refractivity (Wildman–Crippen MR) is 101 cm³/mol. The van der Waals surface area contributed by atoms with Gasteiger partial charge in [0, 0.05) is 19.3 Å². The van der Waals surface area contributed by atoms with E-state index in [4.69, 9.17) is 11.6 Å². The summed E-state index contributed by atoms with van der Waals surface area (Å²) in [5.74, 6) is -0.997. The molecule has 1 aliphatic rings. The number of hydrogen-bond donors (Lipinski definition) is 1. The fourth-order valence-electron chi connectivity index (χ4n) is 2.97. The summed E-state index contributed by atoms with van der Waals surface area (Å²) in [5, 5.41) is 3.16. The molecule has 1 amide bonds. The minimum absolute atomic E-state index is 0.114. The summed E-state index contributed by atoms with van der Waals surface area (Å²) in [6, 6.07) is 8.57. The number of halogens is 2. The molecule has 1 aromatic carbocycles. The van der Waals surface area contributed by atoms with Gasteiger partial charge in [-0.1, -0.05) is 23.7 Å². The number of aromatic nitrogens is 1. The summed E-state index contributed by atoms with van der Waals surface area (Å²) in [5.41, 5.74) is 0.508. The number of amides is 1. The van der Waals surface area contributed by atoms with Gasteiger partial charge >= 0.3 is 0 Å². The van der Waals surface area contributed by atoms with E-state index in [9.17, 15) is 17.6 Å². The van der Waals surface area contributed by atoms with Crippen molar-refractivity contribution in [2.24, 2.45) is 5.92 Å². The lowest BCUT2D eigenvalue weighted by molar-refractivity contribution is -0.120. The van der Waals surface area contributed by atoms with Crippen molar-refractivity contribution < 1.29 is 17.6 Å². The second-order valence-corrected chi connectivity index (χ2v) is 8.84. The van der Waals surface area contributed by atoms with Crippen LogP contribution in [0.5, 0.6) is 0 Å². The summed E-state index contributed by atoms with van der Waals surface area (Å²) in [4.78, 5) is 16.5. The topological polar surface area (TPSA) is 79.4 Å². The molecule has 0 spiro atoms. The molecule has 1 atom stereocenters. The molecule has 144 valence electrons. The Kier molecular flexibility index (Phi) is 6.08. The predicted octanol–water partition coefficient (Wildman–Crippen LogP) is 3.05. The standard InChI is InChI=1S/C18H19ClFN3O3S/c19-15-5-8-17(21-10-15)22-18(24)14-2-1-9-23(11-14)27(25,26)12-13-3-6-16(20)7-4-13/h3-8,10,14H,1-2,9,11-12H2,(H,21,22,24). The van der Waals surface area contributed by atoms with Crippen molar-refractivity contribution in [3.8, 4) is 0 Å². The first-order valence-electron chi connectivity index (χ1n) is 8.48. The number of carbonyl (C=O) groups is 1. The van der Waals surface area contributed by atoms with E-state index in [0.29, 0.717) is 35.8 Å². The molecule has 0 bridgehead atoms. The zero-order chi connectivity index (χ0) is 19.4. The maximum absolute atomic E-state index is 13.0. The number of anilines is 1. The number of carbonyl (C=O) groups excluding carboxylic acids is 1. The van der Waals surface area contributed by atoms with E-state index in [1.807, 2.05) is 0 Å². The molecule has 0 radical (unpaired) electrons. The Morgan fingerprint density at radius 3 is 2.67 bits per heavy atom. The summed E-state index contributed by atoms with van der Waals surface area (Å²) < 4.78 is 39.7. The van der Waals surface area contributed by atoms with Crippen LogP contribution in [-0.2, 0) is 20.6 Å². The largest absolute Gasteiger partial charge is 0.310 e. The van der Waals surface area contributed by atoms with Crippen molar-refractivity contribution in [2.75, 3.05) is 18.4 Å². The van der Waals surface area contributed by atoms with Crippen LogP contribution in [0.15, 0.2) is 42.6 Å². The van der Waals surface area contributed by atoms with Crippen LogP contribution >= 0.6 is 11.6 Å². The molecule has 1 unspecified atom stereocenters. The van der Waals surface area contributed by atoms with Crippen molar-refractivity contribution in [1.82, 2.24) is 9.29 Å². The van der Waals surface area contributed by atoms with Crippen LogP contribution in [0.25, 0.3) is 0 Å². The number of sulfonamides is 1. The van der Waals surface area contributed by atoms with E-state index in [2.05, 4.69) is 10.3 Å². The van der Waals surface area contributed by atoms with E-state index in [0.717, 1.165) is 0 Å². The smallest absolute Gasteiger partial charge is 0.229 e. The molecule has 1 aliphatic heterocycles. The number of piperidine rings is 1. The second-order valence-electron chi connectivity index (χ2n) is 6.43. The average Bonchev–Trinajstić information content (AvgIpc) is 2.65. The maximum Gasteiger partial charge on any atom is 0.229 e. The van der Waals surface area contributed by atoms with Crippen LogP contribution in [0.2, 0.25) is 5.02 Å². The van der Waals surface area contributed by atoms with E-state index in [-0.39, 0.29) is 18.2 Å². The zero-order valence-electron chi connectivity index (χ0n) is 14.4. The Morgan fingerprint density at radius 1 is 1.26 bits per heavy atom. The third-order valence-corrected chi connectivity index (χ3v) is 6.43. The molecule has 9 heteroatoms. The van der Waals surface area contributed by atoms with Crippen molar-refractivity contribution in [3.05, 3.63) is 59.0 Å². The van der Waals surface area contributed by atoms with Gasteiger partial charge in [0.2, 0.25) is 15.9 Å². The number of nitrogens with zero attached hydrogens (tertiary/aromatic N) is 2. The molecular weight excluding hydrogens is 393 g/mol. The quantitative estimate of drug-likeness (QED) is 0.820. The Balaban J connectivity index is 1.64. The van der Waals surface area contributed by atoms with E-state index in [1.54, 1.807) is 12.1 Å². The van der Waals surface area contributed by atoms with Gasteiger partial charge in [-0.25, -0.2) is 22.1 Å². The Bertz CT molecular complexity index is 904. The first-order valence-corrected chi connectivity index (χ1v) is 10.5. The molecule has 3 rings (SSSR count). The van der Waals surface area contributed by atoms with Crippen LogP contribution in [0, 0.1) is 11.7 Å². The Hall–Kier alpha value is -2.03. The van der Waals surface area contributed by atoms with Crippen LogP contribution in [0.1, 0.15) is 18.4 Å². The van der Waals surface area contributed by atoms with Crippen molar-refractivity contribution >= 4 is 33.3 Å². The fraction of sp³-hybridized carbons (Fsp3) is 0.333. The van der Waals surface area contributed by atoms with E-state index < -0.39 is 21.8 Å². The highest BCUT2D eigenvalue weighted by atomic mass is 35.5. The number of rotatable bonds is 5. The third-order valence-electron chi connectivity index (χ3n) is 4.39. The summed E-state index contributed by atoms with van der Waals surface area (Å²) in [6.45, 7) is 0.482. The fourth-order valence-corrected chi connectivity index (χ4v) is 4.69. The van der Waals surface area contributed by atoms with Gasteiger partial charge in [0.05, 0.1) is 16.7 Å². The number of pyridine rings is 1. The first kappa shape index (κ1) is 19.7. The molecule has 0 saturated carbocycles. The van der Waals surface area contributed by atoms with Gasteiger partial charge in [0.15, 0.2) is 0 Å². The van der Waals surface area contributed by atoms with Gasteiger partial charge in [-0.15, -0.1) is 0 Å². The molecule has 1 saturated heterocycles. The lowest BCUT2D eigenvalue weighted by Crippen LogP contribution is -2.44. The van der Waals surface area contributed by atoms with Crippen LogP contribution < -0.4 is 5.32 Å². The molecule has 1 aromatic heterocycles. The summed E-state index contributed by atoms with van der Waals surface area (Å²) in [7, 11) is -3.60. The summed E-state index contributed by atoms with van der Waals surface area (Å²) in [6.07, 6.45) is 2.62. The molecule has 6 nitrogen and oxygen atoms in total. The molecule has 1 N–H and O–H groups in total. The first-order chi connectivity index (χ1) is 12.8. The SMILES string of the molecule is O=C(Nc1ccc(Cl)cn1)C1CCCN(S(=O)(=O)Cc2ccc(F)cc2)C1. The van der Waals surface area contributed by atoms with E-state index in [1.165, 1.54) is 34.8 Å². The number of hydrogen-bond acceptors (Lipinski definition) is 4. The molecular formula is C18H19ClFN3O3S. The normalized spacial score (nSPS) is 18.2. The highest BCUT2D eigenvalue weighted by molar-refractivity contribution is 7.88. The van der Waals surface area contributed by atoms with Gasteiger partial charge in [0.1, 0.15) is 11.6 Å². The zero-order valence-corrected chi connectivity index (χ0v) is 16.0. The van der Waals surface area contributed by atoms with Crippen LogP contribution in [0.4, 0.5) is 10.2 Å². The van der Waals surface area contributed by atoms with Gasteiger partial charge in [-0.3, -0.25) is 4.79 Å². The molecule has 1 fully saturated rings.